The van der Waals surface area contributed by atoms with Gasteiger partial charge in [-0.25, -0.2) is 0 Å². The number of benzene rings is 1. The number of hydrogen-bond donors (Lipinski definition) is 3. The van der Waals surface area contributed by atoms with E-state index in [0.29, 0.717) is 5.69 Å². The van der Waals surface area contributed by atoms with Gasteiger partial charge in [-0.15, -0.1) is 5.10 Å². The Labute approximate surface area is 111 Å². The molecule has 11 heteroatoms. The quantitative estimate of drug-likeness (QED) is 0.389. The van der Waals surface area contributed by atoms with E-state index in [1.165, 1.54) is 25.2 Å². The van der Waals surface area contributed by atoms with Crippen LogP contribution in [0.1, 0.15) is 10.4 Å². The first-order valence-electron chi connectivity index (χ1n) is 5.31. The predicted molar refractivity (Wildman–Crippen MR) is 67.7 cm³/mol. The van der Waals surface area contributed by atoms with E-state index >= 15 is 0 Å². The Hall–Kier alpha value is -3.08. The van der Waals surface area contributed by atoms with Crippen molar-refractivity contribution in [1.82, 2.24) is 20.2 Å². The maximum Gasteiger partial charge on any atom is 0.282 e. The number of carbonyl (C=O) groups excluding carboxylic acids is 1. The maximum atomic E-state index is 12.0. The standard InChI is InChI=1S/C9H10N8O3/c1-16-14-9(13-15-16)11-8(18)6-4-5(12-10)2-3-7(6)17(19)20/h2-4,12H,10H2,1H3,(H,11,14,18). The molecule has 2 rings (SSSR count). The molecular formula is C9H10N8O3. The molecule has 0 bridgehead atoms. The first kappa shape index (κ1) is 13.4. The van der Waals surface area contributed by atoms with E-state index in [2.05, 4.69) is 26.2 Å². The Bertz CT molecular complexity index is 667. The molecule has 1 aromatic heterocycles. The van der Waals surface area contributed by atoms with E-state index in [1.807, 2.05) is 0 Å². The first-order valence-corrected chi connectivity index (χ1v) is 5.31. The smallest absolute Gasteiger partial charge is 0.282 e. The second-order valence-corrected chi connectivity index (χ2v) is 3.69. The van der Waals surface area contributed by atoms with Crippen LogP contribution in [0.4, 0.5) is 17.3 Å². The third-order valence-corrected chi connectivity index (χ3v) is 2.34. The minimum atomic E-state index is -0.734. The number of nitrogens with two attached hydrogens (primary N) is 1. The lowest BCUT2D eigenvalue weighted by Crippen LogP contribution is -2.16. The molecule has 0 aliphatic heterocycles. The number of anilines is 2. The zero-order chi connectivity index (χ0) is 14.7. The van der Waals surface area contributed by atoms with E-state index in [1.54, 1.807) is 0 Å². The van der Waals surface area contributed by atoms with Gasteiger partial charge in [0.05, 0.1) is 12.0 Å². The van der Waals surface area contributed by atoms with Gasteiger partial charge in [0, 0.05) is 11.8 Å². The van der Waals surface area contributed by atoms with Crippen molar-refractivity contribution >= 4 is 23.2 Å². The van der Waals surface area contributed by atoms with Gasteiger partial charge in [-0.05, 0) is 17.3 Å². The number of nitrogens with zero attached hydrogens (tertiary/aromatic N) is 5. The molecule has 1 aromatic carbocycles. The lowest BCUT2D eigenvalue weighted by Gasteiger charge is -2.05. The van der Waals surface area contributed by atoms with Crippen LogP contribution in [-0.2, 0) is 7.05 Å². The monoisotopic (exact) mass is 278 g/mol. The molecule has 0 saturated carbocycles. The topological polar surface area (TPSA) is 154 Å². The molecule has 2 aromatic rings. The highest BCUT2D eigenvalue weighted by Crippen LogP contribution is 2.22. The highest BCUT2D eigenvalue weighted by molar-refractivity contribution is 6.06. The largest absolute Gasteiger partial charge is 0.324 e. The molecule has 104 valence electrons. The Kier molecular flexibility index (Phi) is 3.52. The van der Waals surface area contributed by atoms with Crippen LogP contribution in [0.15, 0.2) is 18.2 Å². The van der Waals surface area contributed by atoms with Gasteiger partial charge in [-0.2, -0.15) is 4.80 Å². The van der Waals surface area contributed by atoms with Crippen LogP contribution >= 0.6 is 0 Å². The Morgan fingerprint density at radius 2 is 2.25 bits per heavy atom. The summed E-state index contributed by atoms with van der Waals surface area (Å²) in [6.07, 6.45) is 0. The SMILES string of the molecule is Cn1nnc(NC(=O)c2cc(NN)ccc2[N+](=O)[O-])n1. The number of carbonyl (C=O) groups is 1. The van der Waals surface area contributed by atoms with Crippen molar-refractivity contribution in [3.05, 3.63) is 33.9 Å². The number of amides is 1. The summed E-state index contributed by atoms with van der Waals surface area (Å²) in [5, 5.41) is 24.0. The number of nitro benzene ring substituents is 1. The lowest BCUT2D eigenvalue weighted by molar-refractivity contribution is -0.385. The molecule has 1 amide bonds. The van der Waals surface area contributed by atoms with Gasteiger partial charge in [-0.3, -0.25) is 26.1 Å². The highest BCUT2D eigenvalue weighted by Gasteiger charge is 2.21. The van der Waals surface area contributed by atoms with Gasteiger partial charge in [0.2, 0.25) is 0 Å². The zero-order valence-corrected chi connectivity index (χ0v) is 10.3. The van der Waals surface area contributed by atoms with Gasteiger partial charge >= 0.3 is 0 Å². The fourth-order valence-corrected chi connectivity index (χ4v) is 1.47. The summed E-state index contributed by atoms with van der Waals surface area (Å²) in [7, 11) is 1.52. The summed E-state index contributed by atoms with van der Waals surface area (Å²) in [4.78, 5) is 23.4. The van der Waals surface area contributed by atoms with Crippen LogP contribution in [0.2, 0.25) is 0 Å². The molecule has 20 heavy (non-hydrogen) atoms. The molecule has 4 N–H and O–H groups in total. The second-order valence-electron chi connectivity index (χ2n) is 3.69. The highest BCUT2D eigenvalue weighted by atomic mass is 16.6. The Morgan fingerprint density at radius 3 is 2.80 bits per heavy atom. The summed E-state index contributed by atoms with van der Waals surface area (Å²) >= 11 is 0. The van der Waals surface area contributed by atoms with E-state index in [4.69, 9.17) is 5.84 Å². The van der Waals surface area contributed by atoms with Gasteiger partial charge in [0.15, 0.2) is 0 Å². The summed E-state index contributed by atoms with van der Waals surface area (Å²) in [5.41, 5.74) is 2.14. The summed E-state index contributed by atoms with van der Waals surface area (Å²) < 4.78 is 0. The fourth-order valence-electron chi connectivity index (χ4n) is 1.47. The minimum Gasteiger partial charge on any atom is -0.324 e. The summed E-state index contributed by atoms with van der Waals surface area (Å²) in [5.74, 6) is 4.42. The Morgan fingerprint density at radius 1 is 1.50 bits per heavy atom. The molecule has 11 nitrogen and oxygen atoms in total. The number of nitrogens with one attached hydrogen (secondary N) is 2. The van der Waals surface area contributed by atoms with Crippen LogP contribution in [0, 0.1) is 10.1 Å². The average molecular weight is 278 g/mol. The van der Waals surface area contributed by atoms with Crippen LogP contribution in [-0.4, -0.2) is 31.0 Å². The third-order valence-electron chi connectivity index (χ3n) is 2.34. The number of aryl methyl sites for hydroxylation is 1. The number of nitrogen functional groups attached to an aromatic ring is 1. The van der Waals surface area contributed by atoms with Crippen LogP contribution < -0.4 is 16.6 Å². The first-order chi connectivity index (χ1) is 9.51. The van der Waals surface area contributed by atoms with Gasteiger partial charge in [0.1, 0.15) is 5.56 Å². The van der Waals surface area contributed by atoms with E-state index in [0.717, 1.165) is 4.80 Å². The molecule has 0 aliphatic carbocycles. The van der Waals surface area contributed by atoms with Gasteiger partial charge < -0.3 is 5.43 Å². The van der Waals surface area contributed by atoms with Gasteiger partial charge in [-0.1, -0.05) is 5.10 Å². The molecule has 0 unspecified atom stereocenters. The summed E-state index contributed by atoms with van der Waals surface area (Å²) in [6.45, 7) is 0. The van der Waals surface area contributed by atoms with Gasteiger partial charge in [0.25, 0.3) is 17.5 Å². The number of aromatic nitrogens is 4. The average Bonchev–Trinajstić information content (AvgIpc) is 2.83. The minimum absolute atomic E-state index is 0.0575. The van der Waals surface area contributed by atoms with Crippen molar-refractivity contribution in [2.75, 3.05) is 10.7 Å². The Balaban J connectivity index is 2.34. The predicted octanol–water partition coefficient (Wildman–Crippen LogP) is -0.344. The van der Waals surface area contributed by atoms with E-state index in [9.17, 15) is 14.9 Å². The van der Waals surface area contributed by atoms with Crippen LogP contribution in [0.25, 0.3) is 0 Å². The number of hydrazine groups is 1. The number of rotatable bonds is 4. The molecule has 0 saturated heterocycles. The second kappa shape index (κ2) is 5.27. The molecule has 1 heterocycles. The van der Waals surface area contributed by atoms with Crippen molar-refractivity contribution in [2.45, 2.75) is 0 Å². The number of hydrogen-bond acceptors (Lipinski definition) is 8. The fraction of sp³-hybridized carbons (Fsp3) is 0.111. The van der Waals surface area contributed by atoms with Crippen molar-refractivity contribution < 1.29 is 9.72 Å². The number of nitro groups is 1. The van der Waals surface area contributed by atoms with Crippen molar-refractivity contribution in [3.63, 3.8) is 0 Å². The normalized spacial score (nSPS) is 10.1. The number of tetrazole rings is 1. The van der Waals surface area contributed by atoms with Crippen LogP contribution in [0.3, 0.4) is 0 Å². The lowest BCUT2D eigenvalue weighted by atomic mass is 10.1. The van der Waals surface area contributed by atoms with Crippen molar-refractivity contribution in [1.29, 1.82) is 0 Å². The third kappa shape index (κ3) is 2.67. The molecular weight excluding hydrogens is 268 g/mol. The zero-order valence-electron chi connectivity index (χ0n) is 10.3. The van der Waals surface area contributed by atoms with Crippen LogP contribution in [0.5, 0.6) is 0 Å². The van der Waals surface area contributed by atoms with E-state index in [-0.39, 0.29) is 17.2 Å². The van der Waals surface area contributed by atoms with Crippen molar-refractivity contribution in [2.24, 2.45) is 12.9 Å². The maximum absolute atomic E-state index is 12.0. The molecule has 0 aliphatic rings. The molecule has 0 radical (unpaired) electrons. The van der Waals surface area contributed by atoms with Crippen molar-refractivity contribution in [3.8, 4) is 0 Å². The molecule has 0 atom stereocenters. The van der Waals surface area contributed by atoms with E-state index < -0.39 is 10.8 Å². The molecule has 0 spiro atoms. The summed E-state index contributed by atoms with van der Waals surface area (Å²) in [6, 6.07) is 3.81. The molecule has 0 fully saturated rings.